The Balaban J connectivity index is 3.14. The molecule has 0 amide bonds. The lowest BCUT2D eigenvalue weighted by Crippen LogP contribution is -2.32. The summed E-state index contributed by atoms with van der Waals surface area (Å²) in [6.45, 7) is 1.30. The van der Waals surface area contributed by atoms with Crippen molar-refractivity contribution in [2.45, 2.75) is 12.5 Å². The van der Waals surface area contributed by atoms with Crippen molar-refractivity contribution >= 4 is 5.97 Å². The average Bonchev–Trinajstić information content (AvgIpc) is 2.52. The molecule has 0 bridgehead atoms. The topological polar surface area (TPSA) is 96.7 Å². The molecule has 1 unspecified atom stereocenters. The number of aliphatic hydroxyl groups is 1. The number of rotatable bonds is 3. The number of hydrogen-bond donors (Lipinski definition) is 3. The zero-order valence-corrected chi connectivity index (χ0v) is 7.15. The Labute approximate surface area is 74.8 Å². The van der Waals surface area contributed by atoms with Crippen LogP contribution in [-0.2, 0) is 5.60 Å². The van der Waals surface area contributed by atoms with Gasteiger partial charge in [-0.15, -0.1) is 0 Å². The number of carboxylic acids is 1. The highest BCUT2D eigenvalue weighted by Gasteiger charge is 2.30. The fourth-order valence-electron chi connectivity index (χ4n) is 0.987. The molecule has 1 aromatic rings. The SMILES string of the molecule is CC(O)(CN)c1occc1C(=O)O. The van der Waals surface area contributed by atoms with E-state index in [2.05, 4.69) is 0 Å². The van der Waals surface area contributed by atoms with E-state index in [0.717, 1.165) is 0 Å². The van der Waals surface area contributed by atoms with Crippen molar-refractivity contribution in [2.24, 2.45) is 5.73 Å². The summed E-state index contributed by atoms with van der Waals surface area (Å²) in [5.41, 5.74) is 3.77. The third-order valence-corrected chi connectivity index (χ3v) is 1.78. The van der Waals surface area contributed by atoms with Crippen LogP contribution in [0.15, 0.2) is 16.7 Å². The highest BCUT2D eigenvalue weighted by molar-refractivity contribution is 5.88. The van der Waals surface area contributed by atoms with Crippen LogP contribution in [0.3, 0.4) is 0 Å². The molecule has 0 aliphatic heterocycles. The summed E-state index contributed by atoms with van der Waals surface area (Å²) in [4.78, 5) is 10.6. The number of hydrogen-bond acceptors (Lipinski definition) is 4. The standard InChI is InChI=1S/C8H11NO4/c1-8(12,4-9)6-5(7(10)11)2-3-13-6/h2-3,12H,4,9H2,1H3,(H,10,11). The molecule has 0 spiro atoms. The summed E-state index contributed by atoms with van der Waals surface area (Å²) in [5, 5.41) is 18.3. The van der Waals surface area contributed by atoms with E-state index >= 15 is 0 Å². The Hall–Kier alpha value is -1.33. The van der Waals surface area contributed by atoms with E-state index in [4.69, 9.17) is 15.3 Å². The smallest absolute Gasteiger partial charge is 0.339 e. The number of nitrogens with two attached hydrogens (primary N) is 1. The fraction of sp³-hybridized carbons (Fsp3) is 0.375. The zero-order valence-electron chi connectivity index (χ0n) is 7.15. The number of aromatic carboxylic acids is 1. The molecule has 0 saturated carbocycles. The normalized spacial score (nSPS) is 15.3. The van der Waals surface area contributed by atoms with Crippen LogP contribution in [0.4, 0.5) is 0 Å². The molecular weight excluding hydrogens is 174 g/mol. The summed E-state index contributed by atoms with van der Waals surface area (Å²) in [6, 6.07) is 1.28. The lowest BCUT2D eigenvalue weighted by atomic mass is 10.0. The Morgan fingerprint density at radius 1 is 1.77 bits per heavy atom. The summed E-state index contributed by atoms with van der Waals surface area (Å²) in [7, 11) is 0. The van der Waals surface area contributed by atoms with Crippen molar-refractivity contribution in [3.8, 4) is 0 Å². The summed E-state index contributed by atoms with van der Waals surface area (Å²) in [6.07, 6.45) is 1.21. The van der Waals surface area contributed by atoms with Crippen LogP contribution in [0.25, 0.3) is 0 Å². The maximum atomic E-state index is 10.6. The Morgan fingerprint density at radius 3 is 2.85 bits per heavy atom. The monoisotopic (exact) mass is 185 g/mol. The van der Waals surface area contributed by atoms with Crippen molar-refractivity contribution in [3.63, 3.8) is 0 Å². The molecule has 1 atom stereocenters. The van der Waals surface area contributed by atoms with Gasteiger partial charge in [-0.05, 0) is 13.0 Å². The summed E-state index contributed by atoms with van der Waals surface area (Å²) >= 11 is 0. The molecule has 0 aliphatic rings. The van der Waals surface area contributed by atoms with E-state index in [0.29, 0.717) is 0 Å². The quantitative estimate of drug-likeness (QED) is 0.622. The van der Waals surface area contributed by atoms with Gasteiger partial charge in [0.2, 0.25) is 0 Å². The third-order valence-electron chi connectivity index (χ3n) is 1.78. The van der Waals surface area contributed by atoms with Crippen LogP contribution in [0.5, 0.6) is 0 Å². The van der Waals surface area contributed by atoms with E-state index in [1.807, 2.05) is 0 Å². The second-order valence-electron chi connectivity index (χ2n) is 2.95. The van der Waals surface area contributed by atoms with Crippen molar-refractivity contribution in [1.29, 1.82) is 0 Å². The van der Waals surface area contributed by atoms with Crippen LogP contribution < -0.4 is 5.73 Å². The molecule has 1 aromatic heterocycles. The first-order valence-electron chi connectivity index (χ1n) is 3.72. The van der Waals surface area contributed by atoms with Gasteiger partial charge in [-0.2, -0.15) is 0 Å². The van der Waals surface area contributed by atoms with Gasteiger partial charge in [-0.25, -0.2) is 4.79 Å². The van der Waals surface area contributed by atoms with E-state index in [1.165, 1.54) is 19.3 Å². The van der Waals surface area contributed by atoms with Crippen LogP contribution in [0.1, 0.15) is 23.0 Å². The van der Waals surface area contributed by atoms with Crippen LogP contribution in [0.2, 0.25) is 0 Å². The summed E-state index contributed by atoms with van der Waals surface area (Å²) in [5.74, 6) is -1.15. The van der Waals surface area contributed by atoms with Crippen molar-refractivity contribution in [1.82, 2.24) is 0 Å². The van der Waals surface area contributed by atoms with Gasteiger partial charge in [0.1, 0.15) is 11.2 Å². The van der Waals surface area contributed by atoms with Crippen molar-refractivity contribution in [2.75, 3.05) is 6.54 Å². The second kappa shape index (κ2) is 3.20. The van der Waals surface area contributed by atoms with E-state index in [9.17, 15) is 9.90 Å². The molecule has 1 heterocycles. The predicted octanol–water partition coefficient (Wildman–Crippen LogP) is 0.144. The minimum Gasteiger partial charge on any atom is -0.478 e. The molecular formula is C8H11NO4. The first-order valence-corrected chi connectivity index (χ1v) is 3.72. The first-order chi connectivity index (χ1) is 5.99. The highest BCUT2D eigenvalue weighted by atomic mass is 16.4. The molecule has 0 aliphatic carbocycles. The van der Waals surface area contributed by atoms with Gasteiger partial charge in [0, 0.05) is 6.54 Å². The molecule has 5 heteroatoms. The number of furan rings is 1. The minimum atomic E-state index is -1.43. The Bertz CT molecular complexity index is 316. The molecule has 0 fully saturated rings. The third kappa shape index (κ3) is 1.71. The van der Waals surface area contributed by atoms with Gasteiger partial charge in [-0.3, -0.25) is 0 Å². The molecule has 0 radical (unpaired) electrons. The largest absolute Gasteiger partial charge is 0.478 e. The van der Waals surface area contributed by atoms with Gasteiger partial charge >= 0.3 is 5.97 Å². The number of carboxylic acid groups (broad SMARTS) is 1. The number of carbonyl (C=O) groups is 1. The maximum absolute atomic E-state index is 10.6. The van der Waals surface area contributed by atoms with Crippen LogP contribution >= 0.6 is 0 Å². The zero-order chi connectivity index (χ0) is 10.1. The van der Waals surface area contributed by atoms with E-state index in [-0.39, 0.29) is 17.9 Å². The maximum Gasteiger partial charge on any atom is 0.339 e. The van der Waals surface area contributed by atoms with Gasteiger partial charge in [0.25, 0.3) is 0 Å². The Morgan fingerprint density at radius 2 is 2.38 bits per heavy atom. The lowest BCUT2D eigenvalue weighted by molar-refractivity contribution is 0.0392. The minimum absolute atomic E-state index is 0.0116. The Kier molecular flexibility index (Phi) is 2.40. The summed E-state index contributed by atoms with van der Waals surface area (Å²) < 4.78 is 4.87. The molecule has 13 heavy (non-hydrogen) atoms. The van der Waals surface area contributed by atoms with E-state index in [1.54, 1.807) is 0 Å². The van der Waals surface area contributed by atoms with Crippen LogP contribution in [-0.4, -0.2) is 22.7 Å². The second-order valence-corrected chi connectivity index (χ2v) is 2.95. The van der Waals surface area contributed by atoms with E-state index < -0.39 is 11.6 Å². The van der Waals surface area contributed by atoms with Gasteiger partial charge in [0.05, 0.1) is 6.26 Å². The molecule has 1 rings (SSSR count). The first kappa shape index (κ1) is 9.76. The molecule has 0 saturated heterocycles. The van der Waals surface area contributed by atoms with Crippen molar-refractivity contribution < 1.29 is 19.4 Å². The van der Waals surface area contributed by atoms with Gasteiger partial charge < -0.3 is 20.4 Å². The highest BCUT2D eigenvalue weighted by Crippen LogP contribution is 2.24. The molecule has 0 aromatic carbocycles. The predicted molar refractivity (Wildman–Crippen MR) is 44.3 cm³/mol. The van der Waals surface area contributed by atoms with Crippen molar-refractivity contribution in [3.05, 3.63) is 23.7 Å². The fourth-order valence-corrected chi connectivity index (χ4v) is 0.987. The van der Waals surface area contributed by atoms with Gasteiger partial charge in [-0.1, -0.05) is 0 Å². The van der Waals surface area contributed by atoms with Crippen LogP contribution in [0, 0.1) is 0 Å². The molecule has 4 N–H and O–H groups in total. The lowest BCUT2D eigenvalue weighted by Gasteiger charge is -2.18. The molecule has 72 valence electrons. The molecule has 5 nitrogen and oxygen atoms in total. The van der Waals surface area contributed by atoms with Gasteiger partial charge in [0.15, 0.2) is 5.76 Å². The average molecular weight is 185 g/mol.